The van der Waals surface area contributed by atoms with E-state index in [2.05, 4.69) is 25.7 Å². The number of hydrogen-bond donors (Lipinski definition) is 0. The highest BCUT2D eigenvalue weighted by molar-refractivity contribution is 5.88. The molecule has 0 saturated heterocycles. The van der Waals surface area contributed by atoms with Crippen molar-refractivity contribution in [3.8, 4) is 11.8 Å². The number of esters is 1. The van der Waals surface area contributed by atoms with Crippen LogP contribution in [-0.2, 0) is 9.53 Å². The van der Waals surface area contributed by atoms with Gasteiger partial charge in [0.25, 0.3) is 0 Å². The molecule has 0 N–H and O–H groups in total. The Morgan fingerprint density at radius 1 is 1.33 bits per heavy atom. The summed E-state index contributed by atoms with van der Waals surface area (Å²) < 4.78 is 5.09. The fourth-order valence-corrected chi connectivity index (χ4v) is 0.972. The van der Waals surface area contributed by atoms with Crippen LogP contribution in [0.5, 0.6) is 0 Å². The van der Waals surface area contributed by atoms with Gasteiger partial charge in [-0.3, -0.25) is 0 Å². The monoisotopic (exact) mass is 210 g/mol. The number of carbonyl (C=O) groups excluding carboxylic acids is 1. The molecule has 0 fully saturated rings. The molecule has 0 aromatic heterocycles. The summed E-state index contributed by atoms with van der Waals surface area (Å²) >= 11 is 0. The zero-order valence-corrected chi connectivity index (χ0v) is 10.7. The lowest BCUT2D eigenvalue weighted by atomic mass is 9.94. The average molecular weight is 210 g/mol. The maximum Gasteiger partial charge on any atom is 0.384 e. The van der Waals surface area contributed by atoms with Crippen molar-refractivity contribution in [2.45, 2.75) is 53.6 Å². The van der Waals surface area contributed by atoms with Crippen molar-refractivity contribution in [1.29, 1.82) is 0 Å². The minimum Gasteiger partial charge on any atom is -0.450 e. The minimum atomic E-state index is -0.453. The van der Waals surface area contributed by atoms with Gasteiger partial charge in [-0.15, -0.1) is 0 Å². The molecular weight excluding hydrogens is 188 g/mol. The van der Waals surface area contributed by atoms with Crippen molar-refractivity contribution in [2.75, 3.05) is 0 Å². The highest BCUT2D eigenvalue weighted by atomic mass is 16.6. The van der Waals surface area contributed by atoms with Gasteiger partial charge in [-0.25, -0.2) is 4.79 Å². The van der Waals surface area contributed by atoms with Crippen LogP contribution >= 0.6 is 0 Å². The fourth-order valence-electron chi connectivity index (χ4n) is 0.972. The molecule has 0 radical (unpaired) electrons. The summed E-state index contributed by atoms with van der Waals surface area (Å²) in [5, 5.41) is 0. The van der Waals surface area contributed by atoms with Gasteiger partial charge in [0.15, 0.2) is 0 Å². The Bertz CT molecular complexity index is 262. The summed E-state index contributed by atoms with van der Waals surface area (Å²) in [5.41, 5.74) is -0.453. The van der Waals surface area contributed by atoms with Gasteiger partial charge >= 0.3 is 5.97 Å². The van der Waals surface area contributed by atoms with Crippen molar-refractivity contribution < 1.29 is 9.53 Å². The molecule has 0 saturated carbocycles. The van der Waals surface area contributed by atoms with E-state index in [0.717, 1.165) is 6.42 Å². The van der Waals surface area contributed by atoms with E-state index in [-0.39, 0.29) is 5.92 Å². The molecule has 2 heteroatoms. The number of carbonyl (C=O) groups is 1. The molecule has 2 nitrogen and oxygen atoms in total. The Morgan fingerprint density at radius 3 is 2.27 bits per heavy atom. The Morgan fingerprint density at radius 2 is 1.87 bits per heavy atom. The molecule has 0 spiro atoms. The second-order valence-electron chi connectivity index (χ2n) is 4.95. The second kappa shape index (κ2) is 5.80. The van der Waals surface area contributed by atoms with E-state index in [4.69, 9.17) is 4.74 Å². The van der Waals surface area contributed by atoms with Crippen molar-refractivity contribution >= 4 is 5.97 Å². The summed E-state index contributed by atoms with van der Waals surface area (Å²) in [6, 6.07) is 0. The molecule has 0 bridgehead atoms. The molecule has 0 aromatic carbocycles. The van der Waals surface area contributed by atoms with Crippen LogP contribution in [-0.4, -0.2) is 11.6 Å². The van der Waals surface area contributed by atoms with E-state index in [9.17, 15) is 4.79 Å². The summed E-state index contributed by atoms with van der Waals surface area (Å²) in [6.45, 7) is 11.8. The molecule has 15 heavy (non-hydrogen) atoms. The molecule has 0 heterocycles. The van der Waals surface area contributed by atoms with Gasteiger partial charge in [0.2, 0.25) is 0 Å². The third-order valence-corrected chi connectivity index (χ3v) is 2.30. The van der Waals surface area contributed by atoms with E-state index in [1.165, 1.54) is 0 Å². The predicted molar refractivity (Wildman–Crippen MR) is 62.2 cm³/mol. The van der Waals surface area contributed by atoms with E-state index in [0.29, 0.717) is 5.92 Å². The van der Waals surface area contributed by atoms with Crippen molar-refractivity contribution in [3.63, 3.8) is 0 Å². The first-order valence-corrected chi connectivity index (χ1v) is 5.50. The summed E-state index contributed by atoms with van der Waals surface area (Å²) in [7, 11) is 0. The Hall–Kier alpha value is -0.970. The van der Waals surface area contributed by atoms with Gasteiger partial charge in [0, 0.05) is 11.8 Å². The normalized spacial score (nSPS) is 14.8. The van der Waals surface area contributed by atoms with Gasteiger partial charge in [-0.05, 0) is 26.7 Å². The standard InChI is InChI=1S/C13H22O2/c1-7-10(2)11(3)8-9-12(14)15-13(4,5)6/h10-11H,7H2,1-6H3. The maximum absolute atomic E-state index is 11.3. The van der Waals surface area contributed by atoms with Crippen LogP contribution in [0.2, 0.25) is 0 Å². The van der Waals surface area contributed by atoms with Crippen LogP contribution in [0.25, 0.3) is 0 Å². The van der Waals surface area contributed by atoms with Crippen LogP contribution in [0.3, 0.4) is 0 Å². The fraction of sp³-hybridized carbons (Fsp3) is 0.769. The molecule has 0 aliphatic rings. The zero-order valence-electron chi connectivity index (χ0n) is 10.7. The maximum atomic E-state index is 11.3. The molecule has 2 unspecified atom stereocenters. The Balaban J connectivity index is 4.23. The molecule has 0 aliphatic carbocycles. The predicted octanol–water partition coefficient (Wildman–Crippen LogP) is 3.01. The van der Waals surface area contributed by atoms with E-state index < -0.39 is 11.6 Å². The SMILES string of the molecule is CCC(C)C(C)C#CC(=O)OC(C)(C)C. The molecule has 2 atom stereocenters. The Labute approximate surface area is 93.4 Å². The molecule has 0 rings (SSSR count). The molecule has 0 amide bonds. The minimum absolute atomic E-state index is 0.238. The van der Waals surface area contributed by atoms with Crippen LogP contribution in [0.15, 0.2) is 0 Å². The largest absolute Gasteiger partial charge is 0.450 e. The second-order valence-corrected chi connectivity index (χ2v) is 4.95. The Kier molecular flexibility index (Phi) is 5.43. The van der Waals surface area contributed by atoms with Gasteiger partial charge < -0.3 is 4.74 Å². The lowest BCUT2D eigenvalue weighted by molar-refractivity contribution is -0.147. The molecular formula is C13H22O2. The van der Waals surface area contributed by atoms with Crippen molar-refractivity contribution in [1.82, 2.24) is 0 Å². The first-order valence-electron chi connectivity index (χ1n) is 5.50. The molecule has 86 valence electrons. The van der Waals surface area contributed by atoms with Crippen LogP contribution in [0.1, 0.15) is 48.0 Å². The zero-order chi connectivity index (χ0) is 12.1. The quantitative estimate of drug-likeness (QED) is 0.398. The van der Waals surface area contributed by atoms with E-state index >= 15 is 0 Å². The van der Waals surface area contributed by atoms with Crippen LogP contribution in [0, 0.1) is 23.7 Å². The topological polar surface area (TPSA) is 26.3 Å². The molecule has 0 aromatic rings. The summed E-state index contributed by atoms with van der Waals surface area (Å²) in [6.07, 6.45) is 1.07. The van der Waals surface area contributed by atoms with Crippen molar-refractivity contribution in [3.05, 3.63) is 0 Å². The smallest absolute Gasteiger partial charge is 0.384 e. The average Bonchev–Trinajstić information content (AvgIpc) is 2.10. The summed E-state index contributed by atoms with van der Waals surface area (Å²) in [4.78, 5) is 11.3. The summed E-state index contributed by atoms with van der Waals surface area (Å²) in [5.74, 6) is 5.79. The number of hydrogen-bond acceptors (Lipinski definition) is 2. The van der Waals surface area contributed by atoms with Gasteiger partial charge in [0.05, 0.1) is 0 Å². The van der Waals surface area contributed by atoms with Crippen LogP contribution < -0.4 is 0 Å². The van der Waals surface area contributed by atoms with Gasteiger partial charge in [-0.2, -0.15) is 0 Å². The number of rotatable bonds is 2. The lowest BCUT2D eigenvalue weighted by Crippen LogP contribution is -2.23. The third-order valence-electron chi connectivity index (χ3n) is 2.30. The van der Waals surface area contributed by atoms with Crippen molar-refractivity contribution in [2.24, 2.45) is 11.8 Å². The first kappa shape index (κ1) is 14.0. The van der Waals surface area contributed by atoms with Gasteiger partial charge in [0.1, 0.15) is 5.60 Å². The highest BCUT2D eigenvalue weighted by Gasteiger charge is 2.14. The first-order chi connectivity index (χ1) is 6.76. The molecule has 0 aliphatic heterocycles. The van der Waals surface area contributed by atoms with Crippen LogP contribution in [0.4, 0.5) is 0 Å². The van der Waals surface area contributed by atoms with E-state index in [1.54, 1.807) is 0 Å². The third kappa shape index (κ3) is 7.02. The lowest BCUT2D eigenvalue weighted by Gasteiger charge is -2.17. The van der Waals surface area contributed by atoms with E-state index in [1.807, 2.05) is 27.7 Å². The number of ether oxygens (including phenoxy) is 1. The highest BCUT2D eigenvalue weighted by Crippen LogP contribution is 2.13. The van der Waals surface area contributed by atoms with Gasteiger partial charge in [-0.1, -0.05) is 33.1 Å².